The lowest BCUT2D eigenvalue weighted by atomic mass is 10.2. The molecule has 0 saturated heterocycles. The Bertz CT molecular complexity index is 1290. The van der Waals surface area contributed by atoms with Crippen LogP contribution in [0.4, 0.5) is 5.69 Å². The van der Waals surface area contributed by atoms with E-state index in [1.54, 1.807) is 18.2 Å². The van der Waals surface area contributed by atoms with Crippen molar-refractivity contribution in [1.29, 1.82) is 0 Å². The number of aryl methyl sites for hydroxylation is 1. The number of nitrogens with zero attached hydrogens (tertiary/aromatic N) is 4. The quantitative estimate of drug-likeness (QED) is 0.271. The number of rotatable bonds is 7. The van der Waals surface area contributed by atoms with Crippen molar-refractivity contribution in [2.45, 2.75) is 13.3 Å². The number of hydrogen-bond donors (Lipinski definition) is 1. The minimum Gasteiger partial charge on any atom is -0.476 e. The summed E-state index contributed by atoms with van der Waals surface area (Å²) in [5.74, 6) is -0.590. The van der Waals surface area contributed by atoms with E-state index in [2.05, 4.69) is 41.9 Å². The van der Waals surface area contributed by atoms with Crippen LogP contribution in [0.3, 0.4) is 0 Å². The van der Waals surface area contributed by atoms with Crippen molar-refractivity contribution >= 4 is 60.6 Å². The number of nitro groups is 1. The second-order valence-electron chi connectivity index (χ2n) is 6.26. The minimum absolute atomic E-state index is 0.172. The Labute approximate surface area is 192 Å². The number of nitrogens with two attached hydrogens (primary N) is 1. The van der Waals surface area contributed by atoms with Crippen LogP contribution in [0.15, 0.2) is 49.2 Å². The van der Waals surface area contributed by atoms with E-state index >= 15 is 0 Å². The van der Waals surface area contributed by atoms with Gasteiger partial charge >= 0.3 is 5.69 Å². The first kappa shape index (κ1) is 22.6. The van der Waals surface area contributed by atoms with E-state index in [9.17, 15) is 19.7 Å². The molecule has 0 saturated carbocycles. The molecule has 1 aromatic heterocycles. The molecule has 0 atom stereocenters. The standard InChI is InChI=1S/C19H15Br2N5O5/c1-2-17-24-14-4-3-11(20)6-13(14)19(28)25(17)23-8-10-5-12(21)7-15(26(29)30)18(10)31-9-16(22)27/h3-8H,2,9H2,1H3,(H2,22,27). The van der Waals surface area contributed by atoms with Gasteiger partial charge in [0.25, 0.3) is 11.5 Å². The Balaban J connectivity index is 2.18. The van der Waals surface area contributed by atoms with Gasteiger partial charge in [0.2, 0.25) is 5.75 Å². The molecule has 2 N–H and O–H groups in total. The molecule has 0 aliphatic carbocycles. The van der Waals surface area contributed by atoms with Gasteiger partial charge < -0.3 is 10.5 Å². The van der Waals surface area contributed by atoms with E-state index in [0.717, 1.165) is 4.68 Å². The first-order valence-electron chi connectivity index (χ1n) is 8.85. The molecule has 0 aliphatic rings. The number of benzene rings is 2. The molecule has 12 heteroatoms. The normalized spacial score (nSPS) is 11.2. The van der Waals surface area contributed by atoms with Crippen LogP contribution in [0.2, 0.25) is 0 Å². The Morgan fingerprint density at radius 1 is 1.32 bits per heavy atom. The molecule has 0 bridgehead atoms. The fourth-order valence-corrected chi connectivity index (χ4v) is 3.62. The van der Waals surface area contributed by atoms with Crippen molar-refractivity contribution in [3.8, 4) is 5.75 Å². The van der Waals surface area contributed by atoms with Crippen LogP contribution in [0.1, 0.15) is 18.3 Å². The van der Waals surface area contributed by atoms with Gasteiger partial charge in [-0.15, -0.1) is 0 Å². The predicted octanol–water partition coefficient (Wildman–Crippen LogP) is 3.14. The molecule has 0 unspecified atom stereocenters. The SMILES string of the molecule is CCc1nc2ccc(Br)cc2c(=O)n1N=Cc1cc(Br)cc([N+](=O)[O-])c1OCC(N)=O. The van der Waals surface area contributed by atoms with Crippen molar-refractivity contribution in [2.24, 2.45) is 10.8 Å². The van der Waals surface area contributed by atoms with Gasteiger partial charge in [-0.05, 0) is 24.3 Å². The molecule has 31 heavy (non-hydrogen) atoms. The average Bonchev–Trinajstić information content (AvgIpc) is 2.71. The molecule has 1 amide bonds. The maximum absolute atomic E-state index is 13.0. The molecule has 1 heterocycles. The van der Waals surface area contributed by atoms with E-state index in [4.69, 9.17) is 10.5 Å². The molecular weight excluding hydrogens is 538 g/mol. The summed E-state index contributed by atoms with van der Waals surface area (Å²) in [5.41, 5.74) is 5.01. The molecule has 0 fully saturated rings. The Hall–Kier alpha value is -3.12. The van der Waals surface area contributed by atoms with Crippen LogP contribution in [0.5, 0.6) is 5.75 Å². The summed E-state index contributed by atoms with van der Waals surface area (Å²) in [5, 5.41) is 16.0. The molecule has 2 aromatic carbocycles. The fraction of sp³-hybridized carbons (Fsp3) is 0.158. The van der Waals surface area contributed by atoms with Gasteiger partial charge in [0.05, 0.1) is 22.0 Å². The second kappa shape index (κ2) is 9.35. The molecule has 3 aromatic rings. The lowest BCUT2D eigenvalue weighted by Gasteiger charge is -2.10. The summed E-state index contributed by atoms with van der Waals surface area (Å²) >= 11 is 6.54. The number of primary amides is 1. The molecule has 3 rings (SSSR count). The monoisotopic (exact) mass is 551 g/mol. The van der Waals surface area contributed by atoms with E-state index in [0.29, 0.717) is 32.1 Å². The van der Waals surface area contributed by atoms with E-state index in [1.165, 1.54) is 18.3 Å². The highest BCUT2D eigenvalue weighted by Gasteiger charge is 2.21. The zero-order valence-electron chi connectivity index (χ0n) is 16.0. The number of nitro benzene ring substituents is 1. The zero-order chi connectivity index (χ0) is 22.7. The highest BCUT2D eigenvalue weighted by Crippen LogP contribution is 2.34. The largest absolute Gasteiger partial charge is 0.476 e. The Kier molecular flexibility index (Phi) is 6.81. The lowest BCUT2D eigenvalue weighted by molar-refractivity contribution is -0.385. The number of aromatic nitrogens is 2. The number of ether oxygens (including phenoxy) is 1. The molecule has 0 radical (unpaired) electrons. The molecule has 160 valence electrons. The van der Waals surface area contributed by atoms with Crippen molar-refractivity contribution in [3.63, 3.8) is 0 Å². The summed E-state index contributed by atoms with van der Waals surface area (Å²) in [6.07, 6.45) is 1.66. The minimum atomic E-state index is -0.797. The molecule has 0 spiro atoms. The van der Waals surface area contributed by atoms with Crippen molar-refractivity contribution < 1.29 is 14.5 Å². The first-order chi connectivity index (χ1) is 14.7. The number of fused-ring (bicyclic) bond motifs is 1. The van der Waals surface area contributed by atoms with Gasteiger partial charge in [0, 0.05) is 27.0 Å². The summed E-state index contributed by atoms with van der Waals surface area (Å²) in [4.78, 5) is 39.4. The van der Waals surface area contributed by atoms with E-state index in [1.807, 2.05) is 6.92 Å². The number of hydrogen-bond acceptors (Lipinski definition) is 7. The van der Waals surface area contributed by atoms with Crippen LogP contribution in [0, 0.1) is 10.1 Å². The van der Waals surface area contributed by atoms with Crippen LogP contribution >= 0.6 is 31.9 Å². The summed E-state index contributed by atoms with van der Waals surface area (Å²) < 4.78 is 7.49. The maximum Gasteiger partial charge on any atom is 0.312 e. The third-order valence-electron chi connectivity index (χ3n) is 4.12. The summed E-state index contributed by atoms with van der Waals surface area (Å²) in [6.45, 7) is 1.26. The van der Waals surface area contributed by atoms with Crippen LogP contribution in [-0.2, 0) is 11.2 Å². The van der Waals surface area contributed by atoms with Crippen molar-refractivity contribution in [2.75, 3.05) is 6.61 Å². The summed E-state index contributed by atoms with van der Waals surface area (Å²) in [6, 6.07) is 7.88. The van der Waals surface area contributed by atoms with Gasteiger partial charge in [-0.3, -0.25) is 19.7 Å². The first-order valence-corrected chi connectivity index (χ1v) is 10.4. The fourth-order valence-electron chi connectivity index (χ4n) is 2.79. The zero-order valence-corrected chi connectivity index (χ0v) is 19.2. The Morgan fingerprint density at radius 2 is 2.06 bits per heavy atom. The molecular formula is C19H15Br2N5O5. The Morgan fingerprint density at radius 3 is 2.71 bits per heavy atom. The predicted molar refractivity (Wildman–Crippen MR) is 122 cm³/mol. The van der Waals surface area contributed by atoms with Gasteiger partial charge in [0.1, 0.15) is 5.82 Å². The van der Waals surface area contributed by atoms with Gasteiger partial charge in [-0.2, -0.15) is 9.78 Å². The average molecular weight is 553 g/mol. The second-order valence-corrected chi connectivity index (χ2v) is 8.09. The van der Waals surface area contributed by atoms with Crippen LogP contribution < -0.4 is 16.0 Å². The number of carbonyl (C=O) groups excluding carboxylic acids is 1. The van der Waals surface area contributed by atoms with Crippen LogP contribution in [-0.4, -0.2) is 33.3 Å². The van der Waals surface area contributed by atoms with Crippen molar-refractivity contribution in [3.05, 3.63) is 71.1 Å². The number of halogens is 2. The van der Waals surface area contributed by atoms with Crippen LogP contribution in [0.25, 0.3) is 10.9 Å². The molecule has 10 nitrogen and oxygen atoms in total. The van der Waals surface area contributed by atoms with E-state index < -0.39 is 23.0 Å². The summed E-state index contributed by atoms with van der Waals surface area (Å²) in [7, 11) is 0. The van der Waals surface area contributed by atoms with E-state index in [-0.39, 0.29) is 17.0 Å². The highest BCUT2D eigenvalue weighted by atomic mass is 79.9. The topological polar surface area (TPSA) is 143 Å². The maximum atomic E-state index is 13.0. The van der Waals surface area contributed by atoms with Gasteiger partial charge in [0.15, 0.2) is 6.61 Å². The smallest absolute Gasteiger partial charge is 0.312 e. The third-order valence-corrected chi connectivity index (χ3v) is 5.07. The third kappa shape index (κ3) is 4.97. The number of amides is 1. The molecule has 0 aliphatic heterocycles. The lowest BCUT2D eigenvalue weighted by Crippen LogP contribution is -2.22. The van der Waals surface area contributed by atoms with Crippen molar-refractivity contribution in [1.82, 2.24) is 9.66 Å². The van der Waals surface area contributed by atoms with Gasteiger partial charge in [-0.25, -0.2) is 4.98 Å². The van der Waals surface area contributed by atoms with Gasteiger partial charge in [-0.1, -0.05) is 38.8 Å². The number of carbonyl (C=O) groups is 1. The highest BCUT2D eigenvalue weighted by molar-refractivity contribution is 9.10.